The van der Waals surface area contributed by atoms with E-state index in [0.717, 1.165) is 5.56 Å². The number of ether oxygens (including phenoxy) is 1. The molecule has 7 heteroatoms. The Balaban J connectivity index is 1.82. The Bertz CT molecular complexity index is 972. The van der Waals surface area contributed by atoms with Gasteiger partial charge in [0.2, 0.25) is 0 Å². The Labute approximate surface area is 155 Å². The van der Waals surface area contributed by atoms with Gasteiger partial charge in [0, 0.05) is 11.9 Å². The van der Waals surface area contributed by atoms with Crippen LogP contribution in [0.2, 0.25) is 0 Å². The van der Waals surface area contributed by atoms with E-state index in [-0.39, 0.29) is 0 Å². The van der Waals surface area contributed by atoms with Crippen LogP contribution in [-0.4, -0.2) is 16.1 Å². The summed E-state index contributed by atoms with van der Waals surface area (Å²) in [6.45, 7) is 2.24. The van der Waals surface area contributed by atoms with Crippen LogP contribution in [0.15, 0.2) is 48.5 Å². The molecule has 1 N–H and O–H groups in total. The van der Waals surface area contributed by atoms with Crippen molar-refractivity contribution in [3.63, 3.8) is 0 Å². The normalized spacial score (nSPS) is 12.0. The third-order valence-corrected chi connectivity index (χ3v) is 3.97. The predicted octanol–water partition coefficient (Wildman–Crippen LogP) is 4.86. The van der Waals surface area contributed by atoms with Gasteiger partial charge in [-0.2, -0.15) is 5.26 Å². The molecule has 138 valence electrons. The lowest BCUT2D eigenvalue weighted by Gasteiger charge is -2.13. The first kappa shape index (κ1) is 18.5. The second kappa shape index (κ2) is 8.41. The van der Waals surface area contributed by atoms with E-state index in [1.165, 1.54) is 0 Å². The number of anilines is 1. The molecule has 1 unspecified atom stereocenters. The van der Waals surface area contributed by atoms with Crippen LogP contribution in [0.25, 0.3) is 10.9 Å². The fourth-order valence-electron chi connectivity index (χ4n) is 2.61. The summed E-state index contributed by atoms with van der Waals surface area (Å²) in [6.07, 6.45) is -2.67. The van der Waals surface area contributed by atoms with E-state index in [1.54, 1.807) is 30.3 Å². The molecule has 3 aromatic rings. The summed E-state index contributed by atoms with van der Waals surface area (Å²) in [5.74, 6) is 0.433. The van der Waals surface area contributed by atoms with Crippen LogP contribution in [0, 0.1) is 11.3 Å². The summed E-state index contributed by atoms with van der Waals surface area (Å²) in [5, 5.41) is 12.8. The van der Waals surface area contributed by atoms with Crippen LogP contribution in [0.5, 0.6) is 5.75 Å². The quantitative estimate of drug-likeness (QED) is 0.645. The van der Waals surface area contributed by atoms with Crippen molar-refractivity contribution in [2.75, 3.05) is 5.32 Å². The minimum Gasteiger partial charge on any atom is -0.476 e. The molecule has 0 aliphatic carbocycles. The van der Waals surface area contributed by atoms with Gasteiger partial charge in [-0.15, -0.1) is 0 Å². The molecule has 1 atom stereocenters. The number of nitriles is 1. The molecule has 0 bridgehead atoms. The maximum absolute atomic E-state index is 13.1. The molecule has 0 aliphatic rings. The molecule has 2 aromatic carbocycles. The van der Waals surface area contributed by atoms with E-state index in [2.05, 4.69) is 21.4 Å². The SMILES string of the molecule is CCC(C#N)Oc1cccc(CNc2nc(C(F)F)nc3ccccc23)c1. The lowest BCUT2D eigenvalue weighted by Crippen LogP contribution is -2.12. The van der Waals surface area contributed by atoms with Gasteiger partial charge in [-0.1, -0.05) is 31.2 Å². The number of rotatable bonds is 7. The predicted molar refractivity (Wildman–Crippen MR) is 98.6 cm³/mol. The molecular weight excluding hydrogens is 350 g/mol. The van der Waals surface area contributed by atoms with Crippen LogP contribution in [0.4, 0.5) is 14.6 Å². The van der Waals surface area contributed by atoms with Crippen LogP contribution in [0.1, 0.15) is 31.2 Å². The summed E-state index contributed by atoms with van der Waals surface area (Å²) >= 11 is 0. The third kappa shape index (κ3) is 4.47. The highest BCUT2D eigenvalue weighted by atomic mass is 19.3. The number of aromatic nitrogens is 2. The van der Waals surface area contributed by atoms with Crippen molar-refractivity contribution in [3.8, 4) is 11.8 Å². The molecule has 0 fully saturated rings. The maximum atomic E-state index is 13.1. The fraction of sp³-hybridized carbons (Fsp3) is 0.250. The van der Waals surface area contributed by atoms with Gasteiger partial charge in [0.15, 0.2) is 11.9 Å². The molecule has 0 spiro atoms. The van der Waals surface area contributed by atoms with Gasteiger partial charge >= 0.3 is 0 Å². The largest absolute Gasteiger partial charge is 0.476 e. The Morgan fingerprint density at radius 1 is 1.15 bits per heavy atom. The van der Waals surface area contributed by atoms with Crippen molar-refractivity contribution < 1.29 is 13.5 Å². The summed E-state index contributed by atoms with van der Waals surface area (Å²) in [6, 6.07) is 16.4. The topological polar surface area (TPSA) is 70.8 Å². The van der Waals surface area contributed by atoms with Crippen molar-refractivity contribution in [3.05, 3.63) is 59.9 Å². The highest BCUT2D eigenvalue weighted by Gasteiger charge is 2.15. The van der Waals surface area contributed by atoms with Crippen LogP contribution < -0.4 is 10.1 Å². The highest BCUT2D eigenvalue weighted by molar-refractivity contribution is 5.89. The summed E-state index contributed by atoms with van der Waals surface area (Å²) in [5.41, 5.74) is 1.34. The minimum absolute atomic E-state index is 0.352. The van der Waals surface area contributed by atoms with E-state index in [9.17, 15) is 8.78 Å². The Hall–Kier alpha value is -3.27. The standard InChI is InChI=1S/C20H18F2N4O/c1-2-14(11-23)27-15-7-5-6-13(10-15)12-24-19-16-8-3-4-9-17(16)25-20(26-19)18(21)22/h3-10,14,18H,2,12H2,1H3,(H,24,25,26). The van der Waals surface area contributed by atoms with Gasteiger partial charge in [0.25, 0.3) is 6.43 Å². The molecule has 1 heterocycles. The third-order valence-electron chi connectivity index (χ3n) is 3.97. The molecule has 3 rings (SSSR count). The lowest BCUT2D eigenvalue weighted by molar-refractivity contribution is 0.141. The summed E-state index contributed by atoms with van der Waals surface area (Å²) in [7, 11) is 0. The molecule has 5 nitrogen and oxygen atoms in total. The smallest absolute Gasteiger partial charge is 0.297 e. The van der Waals surface area contributed by atoms with Gasteiger partial charge in [0.1, 0.15) is 17.6 Å². The number of fused-ring (bicyclic) bond motifs is 1. The van der Waals surface area contributed by atoms with Crippen molar-refractivity contribution in [1.82, 2.24) is 9.97 Å². The van der Waals surface area contributed by atoms with E-state index in [4.69, 9.17) is 10.00 Å². The minimum atomic E-state index is -2.75. The molecule has 0 aliphatic heterocycles. The Kier molecular flexibility index (Phi) is 5.77. The molecule has 0 radical (unpaired) electrons. The number of benzene rings is 2. The van der Waals surface area contributed by atoms with Gasteiger partial charge in [-0.3, -0.25) is 0 Å². The van der Waals surface area contributed by atoms with Gasteiger partial charge in [0.05, 0.1) is 5.52 Å². The van der Waals surface area contributed by atoms with Crippen molar-refractivity contribution in [2.24, 2.45) is 0 Å². The Morgan fingerprint density at radius 3 is 2.70 bits per heavy atom. The average molecular weight is 368 g/mol. The molecule has 0 amide bonds. The van der Waals surface area contributed by atoms with E-state index in [1.807, 2.05) is 25.1 Å². The second-order valence-electron chi connectivity index (χ2n) is 5.89. The molecule has 1 aromatic heterocycles. The van der Waals surface area contributed by atoms with Gasteiger partial charge in [-0.25, -0.2) is 18.7 Å². The van der Waals surface area contributed by atoms with Gasteiger partial charge < -0.3 is 10.1 Å². The first-order valence-electron chi connectivity index (χ1n) is 8.54. The first-order chi connectivity index (χ1) is 13.1. The molecule has 0 saturated heterocycles. The monoisotopic (exact) mass is 368 g/mol. The molecule has 0 saturated carbocycles. The van der Waals surface area contributed by atoms with Crippen molar-refractivity contribution in [1.29, 1.82) is 5.26 Å². The number of alkyl halides is 2. The zero-order chi connectivity index (χ0) is 19.2. The van der Waals surface area contributed by atoms with E-state index in [0.29, 0.717) is 35.4 Å². The molecule has 27 heavy (non-hydrogen) atoms. The Morgan fingerprint density at radius 2 is 1.96 bits per heavy atom. The molecular formula is C20H18F2N4O. The zero-order valence-electron chi connectivity index (χ0n) is 14.7. The van der Waals surface area contributed by atoms with Crippen LogP contribution in [-0.2, 0) is 6.54 Å². The van der Waals surface area contributed by atoms with Crippen molar-refractivity contribution >= 4 is 16.7 Å². The first-order valence-corrected chi connectivity index (χ1v) is 8.54. The number of para-hydroxylation sites is 1. The highest BCUT2D eigenvalue weighted by Crippen LogP contribution is 2.25. The average Bonchev–Trinajstić information content (AvgIpc) is 2.70. The van der Waals surface area contributed by atoms with E-state index >= 15 is 0 Å². The number of nitrogens with one attached hydrogen (secondary N) is 1. The van der Waals surface area contributed by atoms with Crippen LogP contribution >= 0.6 is 0 Å². The fourth-order valence-corrected chi connectivity index (χ4v) is 2.61. The maximum Gasteiger partial charge on any atom is 0.297 e. The number of hydrogen-bond donors (Lipinski definition) is 1. The summed E-state index contributed by atoms with van der Waals surface area (Å²) < 4.78 is 31.8. The van der Waals surface area contributed by atoms with E-state index < -0.39 is 18.4 Å². The number of hydrogen-bond acceptors (Lipinski definition) is 5. The van der Waals surface area contributed by atoms with Crippen molar-refractivity contribution in [2.45, 2.75) is 32.4 Å². The lowest BCUT2D eigenvalue weighted by atomic mass is 10.2. The number of nitrogens with zero attached hydrogens (tertiary/aromatic N) is 3. The summed E-state index contributed by atoms with van der Waals surface area (Å²) in [4.78, 5) is 7.87. The zero-order valence-corrected chi connectivity index (χ0v) is 14.7. The second-order valence-corrected chi connectivity index (χ2v) is 5.89. The van der Waals surface area contributed by atoms with Crippen LogP contribution in [0.3, 0.4) is 0 Å². The number of halogens is 2. The van der Waals surface area contributed by atoms with Gasteiger partial charge in [-0.05, 0) is 36.2 Å².